The van der Waals surface area contributed by atoms with Crippen LogP contribution in [0.3, 0.4) is 0 Å². The molecule has 0 atom stereocenters. The molecule has 0 bridgehead atoms. The van der Waals surface area contributed by atoms with Gasteiger partial charge in [-0.05, 0) is 40.1 Å². The van der Waals surface area contributed by atoms with E-state index in [0.29, 0.717) is 6.54 Å². The van der Waals surface area contributed by atoms with Crippen LogP contribution in [0, 0.1) is 0 Å². The molecule has 5 nitrogen and oxygen atoms in total. The molecule has 5 heteroatoms. The largest absolute Gasteiger partial charge is 0.341 e. The van der Waals surface area contributed by atoms with Crippen LogP contribution in [-0.4, -0.2) is 48.6 Å². The van der Waals surface area contributed by atoms with Crippen molar-refractivity contribution in [1.82, 2.24) is 14.9 Å². The Morgan fingerprint density at radius 1 is 1.29 bits per heavy atom. The van der Waals surface area contributed by atoms with E-state index < -0.39 is 0 Å². The minimum Gasteiger partial charge on any atom is -0.341 e. The maximum Gasteiger partial charge on any atom is 0.225 e. The molecule has 0 aromatic carbocycles. The Labute approximate surface area is 104 Å². The monoisotopic (exact) mass is 237 g/mol. The smallest absolute Gasteiger partial charge is 0.225 e. The summed E-state index contributed by atoms with van der Waals surface area (Å²) in [6.45, 7) is 5.55. The Bertz CT molecular complexity index is 326. The molecule has 2 N–H and O–H groups in total. The highest BCUT2D eigenvalue weighted by Gasteiger charge is 2.07. The van der Waals surface area contributed by atoms with E-state index in [1.807, 2.05) is 6.07 Å². The molecule has 0 aliphatic heterocycles. The molecule has 0 radical (unpaired) electrons. The van der Waals surface area contributed by atoms with Crippen molar-refractivity contribution >= 4 is 5.95 Å². The van der Waals surface area contributed by atoms with Crippen LogP contribution >= 0.6 is 0 Å². The fourth-order valence-corrected chi connectivity index (χ4v) is 1.63. The van der Waals surface area contributed by atoms with Gasteiger partial charge in [0.2, 0.25) is 5.95 Å². The molecule has 17 heavy (non-hydrogen) atoms. The zero-order chi connectivity index (χ0) is 12.7. The third kappa shape index (κ3) is 4.66. The van der Waals surface area contributed by atoms with Crippen LogP contribution in [0.25, 0.3) is 0 Å². The van der Waals surface area contributed by atoms with Crippen molar-refractivity contribution < 1.29 is 0 Å². The van der Waals surface area contributed by atoms with Gasteiger partial charge in [-0.25, -0.2) is 9.97 Å². The van der Waals surface area contributed by atoms with Gasteiger partial charge in [-0.3, -0.25) is 0 Å². The summed E-state index contributed by atoms with van der Waals surface area (Å²) in [4.78, 5) is 13.1. The van der Waals surface area contributed by atoms with Gasteiger partial charge >= 0.3 is 0 Å². The fourth-order valence-electron chi connectivity index (χ4n) is 1.63. The Balaban J connectivity index is 2.59. The van der Waals surface area contributed by atoms with E-state index in [0.717, 1.165) is 37.7 Å². The van der Waals surface area contributed by atoms with Gasteiger partial charge in [-0.2, -0.15) is 0 Å². The lowest BCUT2D eigenvalue weighted by Gasteiger charge is -2.21. The van der Waals surface area contributed by atoms with E-state index in [-0.39, 0.29) is 0 Å². The standard InChI is InChI=1S/C12H23N5/c1-4-17(9-5-8-16(2)3)12-14-7-6-11(10-13)15-12/h6-7H,4-5,8-10,13H2,1-3H3. The number of hydrogen-bond donors (Lipinski definition) is 1. The van der Waals surface area contributed by atoms with Crippen LogP contribution in [-0.2, 0) is 6.54 Å². The lowest BCUT2D eigenvalue weighted by Crippen LogP contribution is -2.28. The highest BCUT2D eigenvalue weighted by Crippen LogP contribution is 2.07. The summed E-state index contributed by atoms with van der Waals surface area (Å²) < 4.78 is 0. The first kappa shape index (κ1) is 13.9. The molecule has 0 spiro atoms. The van der Waals surface area contributed by atoms with Crippen molar-refractivity contribution in [2.24, 2.45) is 5.73 Å². The van der Waals surface area contributed by atoms with E-state index in [2.05, 4.69) is 40.8 Å². The zero-order valence-corrected chi connectivity index (χ0v) is 11.1. The molecule has 96 valence electrons. The van der Waals surface area contributed by atoms with Crippen LogP contribution < -0.4 is 10.6 Å². The van der Waals surface area contributed by atoms with Gasteiger partial charge in [0, 0.05) is 25.8 Å². The van der Waals surface area contributed by atoms with Crippen molar-refractivity contribution in [1.29, 1.82) is 0 Å². The molecular formula is C12H23N5. The van der Waals surface area contributed by atoms with Gasteiger partial charge in [-0.15, -0.1) is 0 Å². The minimum absolute atomic E-state index is 0.463. The van der Waals surface area contributed by atoms with Crippen molar-refractivity contribution in [2.45, 2.75) is 19.9 Å². The average molecular weight is 237 g/mol. The number of nitrogens with zero attached hydrogens (tertiary/aromatic N) is 4. The number of hydrogen-bond acceptors (Lipinski definition) is 5. The van der Waals surface area contributed by atoms with E-state index in [9.17, 15) is 0 Å². The van der Waals surface area contributed by atoms with Crippen molar-refractivity contribution in [2.75, 3.05) is 38.6 Å². The SMILES string of the molecule is CCN(CCCN(C)C)c1nccc(CN)n1. The first-order chi connectivity index (χ1) is 8.17. The summed E-state index contributed by atoms with van der Waals surface area (Å²) in [5, 5.41) is 0. The zero-order valence-electron chi connectivity index (χ0n) is 11.1. The van der Waals surface area contributed by atoms with Gasteiger partial charge in [0.05, 0.1) is 5.69 Å². The second-order valence-electron chi connectivity index (χ2n) is 4.29. The summed E-state index contributed by atoms with van der Waals surface area (Å²) in [6, 6.07) is 1.86. The number of aromatic nitrogens is 2. The lowest BCUT2D eigenvalue weighted by molar-refractivity contribution is 0.400. The van der Waals surface area contributed by atoms with E-state index >= 15 is 0 Å². The van der Waals surface area contributed by atoms with Crippen LogP contribution in [0.1, 0.15) is 19.0 Å². The summed E-state index contributed by atoms with van der Waals surface area (Å²) in [5.41, 5.74) is 6.47. The number of rotatable bonds is 7. The average Bonchev–Trinajstić information content (AvgIpc) is 2.34. The van der Waals surface area contributed by atoms with Crippen molar-refractivity contribution in [3.8, 4) is 0 Å². The Morgan fingerprint density at radius 3 is 2.65 bits per heavy atom. The van der Waals surface area contributed by atoms with Crippen LogP contribution in [0.4, 0.5) is 5.95 Å². The topological polar surface area (TPSA) is 58.3 Å². The summed E-state index contributed by atoms with van der Waals surface area (Å²) in [5.74, 6) is 0.786. The molecule has 1 heterocycles. The number of anilines is 1. The first-order valence-electron chi connectivity index (χ1n) is 6.09. The Hall–Kier alpha value is -1.20. The molecular weight excluding hydrogens is 214 g/mol. The minimum atomic E-state index is 0.463. The normalized spacial score (nSPS) is 10.9. The van der Waals surface area contributed by atoms with Crippen LogP contribution in [0.2, 0.25) is 0 Å². The molecule has 0 aliphatic carbocycles. The molecule has 0 aliphatic rings. The third-order valence-corrected chi connectivity index (χ3v) is 2.61. The second-order valence-corrected chi connectivity index (χ2v) is 4.29. The van der Waals surface area contributed by atoms with Gasteiger partial charge in [0.1, 0.15) is 0 Å². The van der Waals surface area contributed by atoms with Gasteiger partial charge in [-0.1, -0.05) is 0 Å². The highest BCUT2D eigenvalue weighted by atomic mass is 15.2. The quantitative estimate of drug-likeness (QED) is 0.757. The van der Waals surface area contributed by atoms with Gasteiger partial charge < -0.3 is 15.5 Å². The summed E-state index contributed by atoms with van der Waals surface area (Å²) in [6.07, 6.45) is 2.89. The molecule has 0 amide bonds. The fraction of sp³-hybridized carbons (Fsp3) is 0.667. The van der Waals surface area contributed by atoms with Gasteiger partial charge in [0.25, 0.3) is 0 Å². The van der Waals surface area contributed by atoms with Crippen molar-refractivity contribution in [3.05, 3.63) is 18.0 Å². The third-order valence-electron chi connectivity index (χ3n) is 2.61. The van der Waals surface area contributed by atoms with Crippen LogP contribution in [0.5, 0.6) is 0 Å². The van der Waals surface area contributed by atoms with Crippen molar-refractivity contribution in [3.63, 3.8) is 0 Å². The molecule has 0 unspecified atom stereocenters. The lowest BCUT2D eigenvalue weighted by atomic mass is 10.3. The van der Waals surface area contributed by atoms with E-state index in [1.54, 1.807) is 6.20 Å². The van der Waals surface area contributed by atoms with Gasteiger partial charge in [0.15, 0.2) is 0 Å². The predicted molar refractivity (Wildman–Crippen MR) is 71.0 cm³/mol. The Morgan fingerprint density at radius 2 is 2.06 bits per heavy atom. The molecule has 1 aromatic heterocycles. The first-order valence-corrected chi connectivity index (χ1v) is 6.09. The summed E-state index contributed by atoms with van der Waals surface area (Å²) in [7, 11) is 4.17. The van der Waals surface area contributed by atoms with E-state index in [1.165, 1.54) is 0 Å². The maximum absolute atomic E-state index is 5.58. The summed E-state index contributed by atoms with van der Waals surface area (Å²) >= 11 is 0. The molecule has 1 rings (SSSR count). The molecule has 0 saturated carbocycles. The molecule has 1 aromatic rings. The van der Waals surface area contributed by atoms with Crippen LogP contribution in [0.15, 0.2) is 12.3 Å². The predicted octanol–water partition coefficient (Wildman–Crippen LogP) is 0.713. The molecule has 0 fully saturated rings. The highest BCUT2D eigenvalue weighted by molar-refractivity contribution is 5.29. The number of nitrogens with two attached hydrogens (primary N) is 1. The van der Waals surface area contributed by atoms with E-state index in [4.69, 9.17) is 5.73 Å². The maximum atomic E-state index is 5.58. The Kier molecular flexibility index (Phi) is 5.86. The second kappa shape index (κ2) is 7.19. The molecule has 0 saturated heterocycles.